The van der Waals surface area contributed by atoms with Gasteiger partial charge in [-0.15, -0.1) is 11.3 Å². The first kappa shape index (κ1) is 29.1. The van der Waals surface area contributed by atoms with Gasteiger partial charge < -0.3 is 29.9 Å². The normalized spacial score (nSPS) is 14.4. The molecule has 2 heterocycles. The maximum absolute atomic E-state index is 13.9. The molecule has 1 aliphatic rings. The lowest BCUT2D eigenvalue weighted by Crippen LogP contribution is -2.47. The highest BCUT2D eigenvalue weighted by molar-refractivity contribution is 7.18. The minimum atomic E-state index is -1.20. The molecule has 0 spiro atoms. The van der Waals surface area contributed by atoms with E-state index in [9.17, 15) is 19.5 Å². The van der Waals surface area contributed by atoms with Crippen molar-refractivity contribution in [1.82, 2.24) is 5.32 Å². The Morgan fingerprint density at radius 2 is 1.80 bits per heavy atom. The summed E-state index contributed by atoms with van der Waals surface area (Å²) in [7, 11) is 1.77. The molecule has 1 unspecified atom stereocenters. The minimum absolute atomic E-state index is 0.0173. The topological polar surface area (TPSA) is 125 Å². The summed E-state index contributed by atoms with van der Waals surface area (Å²) in [6.45, 7) is 6.66. The first-order valence-electron chi connectivity index (χ1n) is 13.1. The lowest BCUT2D eigenvalue weighted by molar-refractivity contribution is -0.139. The monoisotopic (exact) mass is 566 g/mol. The van der Waals surface area contributed by atoms with Gasteiger partial charge >= 0.3 is 11.9 Å². The second-order valence-corrected chi connectivity index (χ2v) is 11.1. The summed E-state index contributed by atoms with van der Waals surface area (Å²) in [5.74, 6) is -1.98. The number of hydrogen-bond donors (Lipinski definition) is 3. The van der Waals surface area contributed by atoms with Gasteiger partial charge in [-0.2, -0.15) is 0 Å². The number of thiophene rings is 1. The second-order valence-electron chi connectivity index (χ2n) is 10.0. The van der Waals surface area contributed by atoms with Crippen LogP contribution < -0.4 is 19.7 Å². The Hall–Kier alpha value is -3.89. The molecule has 1 amide bonds. The Morgan fingerprint density at radius 3 is 2.45 bits per heavy atom. The lowest BCUT2D eigenvalue weighted by Gasteiger charge is -2.33. The number of ether oxygens (including phenoxy) is 2. The third-order valence-electron chi connectivity index (χ3n) is 7.08. The smallest absolute Gasteiger partial charge is 0.349 e. The molecule has 1 aromatic heterocycles. The number of rotatable bonds is 10. The Kier molecular flexibility index (Phi) is 9.11. The van der Waals surface area contributed by atoms with Crippen molar-refractivity contribution in [3.63, 3.8) is 0 Å². The predicted molar refractivity (Wildman–Crippen MR) is 154 cm³/mol. The summed E-state index contributed by atoms with van der Waals surface area (Å²) >= 11 is 1.01. The maximum Gasteiger partial charge on any atom is 0.349 e. The molecule has 3 N–H and O–H groups in total. The van der Waals surface area contributed by atoms with Gasteiger partial charge in [-0.05, 0) is 76.0 Å². The van der Waals surface area contributed by atoms with Gasteiger partial charge in [0.05, 0.1) is 0 Å². The Morgan fingerprint density at radius 1 is 1.07 bits per heavy atom. The van der Waals surface area contributed by atoms with Crippen LogP contribution in [-0.4, -0.2) is 60.9 Å². The first-order valence-corrected chi connectivity index (χ1v) is 13.9. The zero-order valence-electron chi connectivity index (χ0n) is 23.0. The molecule has 1 saturated heterocycles. The molecule has 3 aromatic rings. The number of benzene rings is 2. The molecule has 9 nitrogen and oxygen atoms in total. The van der Waals surface area contributed by atoms with Crippen LogP contribution in [-0.2, 0) is 9.59 Å². The molecular weight excluding hydrogens is 532 g/mol. The van der Waals surface area contributed by atoms with Crippen molar-refractivity contribution in [1.29, 1.82) is 0 Å². The van der Waals surface area contributed by atoms with Crippen molar-refractivity contribution in [3.8, 4) is 21.9 Å². The van der Waals surface area contributed by atoms with Crippen LogP contribution in [0.4, 0.5) is 5.69 Å². The van der Waals surface area contributed by atoms with Gasteiger partial charge in [0, 0.05) is 29.1 Å². The number of carbonyl (C=O) groups excluding carboxylic acids is 1. The van der Waals surface area contributed by atoms with Crippen molar-refractivity contribution in [2.24, 2.45) is 5.92 Å². The van der Waals surface area contributed by atoms with E-state index in [1.165, 1.54) is 0 Å². The highest BCUT2D eigenvalue weighted by atomic mass is 32.1. The van der Waals surface area contributed by atoms with Crippen LogP contribution in [0.15, 0.2) is 42.5 Å². The van der Waals surface area contributed by atoms with Crippen LogP contribution >= 0.6 is 11.3 Å². The van der Waals surface area contributed by atoms with E-state index in [1.807, 2.05) is 38.1 Å². The van der Waals surface area contributed by atoms with Crippen LogP contribution in [0.2, 0.25) is 0 Å². The Bertz CT molecular complexity index is 1410. The molecule has 0 saturated carbocycles. The summed E-state index contributed by atoms with van der Waals surface area (Å²) in [4.78, 5) is 39.0. The number of amides is 1. The van der Waals surface area contributed by atoms with E-state index in [4.69, 9.17) is 14.6 Å². The number of likely N-dealkylation sites (N-methyl/N-ethyl adjacent to an activating group) is 1. The van der Waals surface area contributed by atoms with E-state index in [0.717, 1.165) is 54.1 Å². The predicted octanol–water partition coefficient (Wildman–Crippen LogP) is 4.91. The van der Waals surface area contributed by atoms with Gasteiger partial charge in [0.15, 0.2) is 17.6 Å². The number of nitrogens with zero attached hydrogens (tertiary/aromatic N) is 1. The van der Waals surface area contributed by atoms with Crippen molar-refractivity contribution in [2.75, 3.05) is 31.6 Å². The largest absolute Gasteiger partial charge is 0.480 e. The average Bonchev–Trinajstić information content (AvgIpc) is 3.26. The second kappa shape index (κ2) is 12.5. The lowest BCUT2D eigenvalue weighted by atomic mass is 9.91. The molecule has 0 bridgehead atoms. The zero-order chi connectivity index (χ0) is 29.0. The number of carboxylic acid groups (broad SMARTS) is 2. The van der Waals surface area contributed by atoms with Crippen molar-refractivity contribution in [3.05, 3.63) is 64.0 Å². The number of hydrogen-bond acceptors (Lipinski definition) is 7. The molecular formula is C30H34N2O7S. The van der Waals surface area contributed by atoms with Crippen molar-refractivity contribution < 1.29 is 34.1 Å². The molecule has 0 aliphatic carbocycles. The number of anilines is 1. The van der Waals surface area contributed by atoms with Crippen molar-refractivity contribution in [2.45, 2.75) is 39.7 Å². The quantitative estimate of drug-likeness (QED) is 0.316. The average molecular weight is 567 g/mol. The van der Waals surface area contributed by atoms with Gasteiger partial charge in [0.2, 0.25) is 0 Å². The van der Waals surface area contributed by atoms with Crippen LogP contribution in [0.5, 0.6) is 11.5 Å². The molecule has 4 rings (SSSR count). The van der Waals surface area contributed by atoms with E-state index < -0.39 is 24.6 Å². The summed E-state index contributed by atoms with van der Waals surface area (Å²) in [5, 5.41) is 22.0. The van der Waals surface area contributed by atoms with E-state index >= 15 is 0 Å². The fraction of sp³-hybridized carbons (Fsp3) is 0.367. The van der Waals surface area contributed by atoms with Crippen LogP contribution in [0.3, 0.4) is 0 Å². The summed E-state index contributed by atoms with van der Waals surface area (Å²) < 4.78 is 11.8. The summed E-state index contributed by atoms with van der Waals surface area (Å²) in [6, 6.07) is 13.2. The number of aromatic carboxylic acids is 1. The molecule has 10 heteroatoms. The van der Waals surface area contributed by atoms with Gasteiger partial charge in [0.1, 0.15) is 11.5 Å². The first-order chi connectivity index (χ1) is 19.1. The highest BCUT2D eigenvalue weighted by Crippen LogP contribution is 2.42. The SMILES string of the molecule is Cc1ccc(N(C)C(=O)C(Oc2cccc(-c3sc(C(=O)O)c(OCC(=O)O)c3C)c2)C2CCNCC2)c(C)c1. The fourth-order valence-corrected chi connectivity index (χ4v) is 6.15. The number of aliphatic carboxylic acids is 1. The van der Waals surface area contributed by atoms with E-state index in [-0.39, 0.29) is 22.5 Å². The van der Waals surface area contributed by atoms with Crippen LogP contribution in [0.25, 0.3) is 10.4 Å². The maximum atomic E-state index is 13.9. The minimum Gasteiger partial charge on any atom is -0.480 e. The number of aryl methyl sites for hydroxylation is 2. The Labute approximate surface area is 237 Å². The highest BCUT2D eigenvalue weighted by Gasteiger charge is 2.34. The van der Waals surface area contributed by atoms with Gasteiger partial charge in [-0.25, -0.2) is 9.59 Å². The molecule has 40 heavy (non-hydrogen) atoms. The van der Waals surface area contributed by atoms with Gasteiger partial charge in [-0.1, -0.05) is 29.8 Å². The molecule has 1 aliphatic heterocycles. The summed E-state index contributed by atoms with van der Waals surface area (Å²) in [6.07, 6.45) is 0.886. The molecule has 212 valence electrons. The number of carboxylic acids is 2. The van der Waals surface area contributed by atoms with Gasteiger partial charge in [0.25, 0.3) is 5.91 Å². The number of nitrogens with one attached hydrogen (secondary N) is 1. The fourth-order valence-electron chi connectivity index (χ4n) is 5.07. The third kappa shape index (κ3) is 6.46. The standard InChI is InChI=1S/C30H34N2O7S/c1-17-8-9-23(18(2)14-17)32(4)29(35)26(20-10-12-31-13-11-20)39-22-7-5-6-21(15-22)27-19(3)25(38-16-24(33)34)28(40-27)30(36)37/h5-9,14-15,20,26,31H,10-13,16H2,1-4H3,(H,33,34)(H,36,37). The number of carbonyl (C=O) groups is 3. The third-order valence-corrected chi connectivity index (χ3v) is 8.39. The molecule has 2 aromatic carbocycles. The molecule has 1 fully saturated rings. The molecule has 0 radical (unpaired) electrons. The number of piperidine rings is 1. The van der Waals surface area contributed by atoms with E-state index in [1.54, 1.807) is 37.1 Å². The molecule has 1 atom stereocenters. The van der Waals surface area contributed by atoms with Crippen molar-refractivity contribution >= 4 is 34.9 Å². The summed E-state index contributed by atoms with van der Waals surface area (Å²) in [5.41, 5.74) is 4.17. The van der Waals surface area contributed by atoms with E-state index in [0.29, 0.717) is 21.8 Å². The van der Waals surface area contributed by atoms with E-state index in [2.05, 4.69) is 5.32 Å². The zero-order valence-corrected chi connectivity index (χ0v) is 23.8. The van der Waals surface area contributed by atoms with Crippen LogP contribution in [0.1, 0.15) is 39.2 Å². The van der Waals surface area contributed by atoms with Crippen LogP contribution in [0, 0.1) is 26.7 Å². The van der Waals surface area contributed by atoms with Gasteiger partial charge in [-0.3, -0.25) is 4.79 Å². The Balaban J connectivity index is 1.66.